The van der Waals surface area contributed by atoms with Crippen LogP contribution in [0.1, 0.15) is 53.0 Å². The van der Waals surface area contributed by atoms with E-state index < -0.39 is 5.60 Å². The van der Waals surface area contributed by atoms with E-state index in [1.54, 1.807) is 0 Å². The monoisotopic (exact) mass is 319 g/mol. The molecule has 0 unspecified atom stereocenters. The van der Waals surface area contributed by atoms with Crippen LogP contribution in [-0.4, -0.2) is 17.5 Å². The molecule has 128 valence electrons. The van der Waals surface area contributed by atoms with Crippen LogP contribution in [0.4, 0.5) is 0 Å². The van der Waals surface area contributed by atoms with E-state index in [0.717, 1.165) is 5.56 Å². The Morgan fingerprint density at radius 2 is 1.74 bits per heavy atom. The predicted octanol–water partition coefficient (Wildman–Crippen LogP) is 3.70. The Labute approximate surface area is 139 Å². The minimum Gasteiger partial charge on any atom is -0.460 e. The SMILES string of the molecule is CC(C)C[C@H](CC(=O)OC(C)(C)C)C(=O)NCc1ccccc1. The Morgan fingerprint density at radius 3 is 2.26 bits per heavy atom. The van der Waals surface area contributed by atoms with Crippen LogP contribution in [0.2, 0.25) is 0 Å². The second-order valence-corrected chi connectivity index (χ2v) is 7.32. The van der Waals surface area contributed by atoms with Crippen LogP contribution >= 0.6 is 0 Å². The average molecular weight is 319 g/mol. The van der Waals surface area contributed by atoms with Gasteiger partial charge in [-0.25, -0.2) is 0 Å². The maximum atomic E-state index is 12.4. The topological polar surface area (TPSA) is 55.4 Å². The summed E-state index contributed by atoms with van der Waals surface area (Å²) in [5.74, 6) is -0.426. The molecule has 0 bridgehead atoms. The van der Waals surface area contributed by atoms with Gasteiger partial charge < -0.3 is 10.1 Å². The number of carbonyl (C=O) groups is 2. The zero-order valence-electron chi connectivity index (χ0n) is 14.9. The number of hydrogen-bond acceptors (Lipinski definition) is 3. The van der Waals surface area contributed by atoms with Crippen molar-refractivity contribution in [2.45, 2.75) is 59.6 Å². The smallest absolute Gasteiger partial charge is 0.307 e. The van der Waals surface area contributed by atoms with Crippen LogP contribution in [0.3, 0.4) is 0 Å². The number of ether oxygens (including phenoxy) is 1. The molecule has 0 radical (unpaired) electrons. The van der Waals surface area contributed by atoms with E-state index in [9.17, 15) is 9.59 Å². The highest BCUT2D eigenvalue weighted by atomic mass is 16.6. The van der Waals surface area contributed by atoms with Gasteiger partial charge in [0.05, 0.1) is 6.42 Å². The van der Waals surface area contributed by atoms with Crippen LogP contribution in [0.5, 0.6) is 0 Å². The van der Waals surface area contributed by atoms with Gasteiger partial charge in [0.25, 0.3) is 0 Å². The van der Waals surface area contributed by atoms with Crippen molar-refractivity contribution in [3.05, 3.63) is 35.9 Å². The Morgan fingerprint density at radius 1 is 1.13 bits per heavy atom. The van der Waals surface area contributed by atoms with Gasteiger partial charge in [-0.1, -0.05) is 44.2 Å². The zero-order valence-corrected chi connectivity index (χ0v) is 14.9. The third kappa shape index (κ3) is 8.38. The molecule has 0 aromatic heterocycles. The largest absolute Gasteiger partial charge is 0.460 e. The fourth-order valence-corrected chi connectivity index (χ4v) is 2.37. The maximum Gasteiger partial charge on any atom is 0.307 e. The summed E-state index contributed by atoms with van der Waals surface area (Å²) in [7, 11) is 0. The predicted molar refractivity (Wildman–Crippen MR) is 91.7 cm³/mol. The summed E-state index contributed by atoms with van der Waals surface area (Å²) in [6.45, 7) is 10.1. The van der Waals surface area contributed by atoms with Gasteiger partial charge in [0.15, 0.2) is 0 Å². The van der Waals surface area contributed by atoms with Crippen LogP contribution in [0.15, 0.2) is 30.3 Å². The molecule has 23 heavy (non-hydrogen) atoms. The Hall–Kier alpha value is -1.84. The molecule has 4 nitrogen and oxygen atoms in total. The number of amides is 1. The molecule has 0 spiro atoms. The Kier molecular flexibility index (Phi) is 7.27. The first-order valence-corrected chi connectivity index (χ1v) is 8.21. The molecule has 1 aromatic rings. The van der Waals surface area contributed by atoms with Gasteiger partial charge in [-0.15, -0.1) is 0 Å². The molecule has 1 atom stereocenters. The lowest BCUT2D eigenvalue weighted by Crippen LogP contribution is -2.34. The van der Waals surface area contributed by atoms with E-state index in [2.05, 4.69) is 5.32 Å². The van der Waals surface area contributed by atoms with Crippen LogP contribution in [0, 0.1) is 11.8 Å². The molecule has 1 rings (SSSR count). The quantitative estimate of drug-likeness (QED) is 0.780. The summed E-state index contributed by atoms with van der Waals surface area (Å²) in [4.78, 5) is 24.5. The van der Waals surface area contributed by atoms with E-state index in [-0.39, 0.29) is 24.2 Å². The fourth-order valence-electron chi connectivity index (χ4n) is 2.37. The van der Waals surface area contributed by atoms with Gasteiger partial charge >= 0.3 is 5.97 Å². The fraction of sp³-hybridized carbons (Fsp3) is 0.579. The third-order valence-corrected chi connectivity index (χ3v) is 3.27. The van der Waals surface area contributed by atoms with E-state index in [1.807, 2.05) is 65.0 Å². The molecule has 0 fully saturated rings. The molecule has 4 heteroatoms. The van der Waals surface area contributed by atoms with Gasteiger partial charge in [0.1, 0.15) is 5.60 Å². The Balaban J connectivity index is 2.61. The van der Waals surface area contributed by atoms with Crippen molar-refractivity contribution in [3.8, 4) is 0 Å². The van der Waals surface area contributed by atoms with E-state index in [0.29, 0.717) is 18.9 Å². The number of benzene rings is 1. The highest BCUT2D eigenvalue weighted by Gasteiger charge is 2.26. The normalized spacial score (nSPS) is 12.8. The molecular weight excluding hydrogens is 290 g/mol. The maximum absolute atomic E-state index is 12.4. The molecule has 0 saturated carbocycles. The summed E-state index contributed by atoms with van der Waals surface area (Å²) in [5, 5.41) is 2.93. The van der Waals surface area contributed by atoms with Gasteiger partial charge in [-0.05, 0) is 38.7 Å². The second kappa shape index (κ2) is 8.70. The Bertz CT molecular complexity index is 503. The lowest BCUT2D eigenvalue weighted by Gasteiger charge is -2.23. The standard InChI is InChI=1S/C19H29NO3/c1-14(2)11-16(12-17(21)23-19(3,4)5)18(22)20-13-15-9-7-6-8-10-15/h6-10,14,16H,11-13H2,1-5H3,(H,20,22)/t16-/m1/s1. The summed E-state index contributed by atoms with van der Waals surface area (Å²) in [6, 6.07) is 9.74. The molecule has 1 N–H and O–H groups in total. The number of carbonyl (C=O) groups excluding carboxylic acids is 2. The zero-order chi connectivity index (χ0) is 17.5. The van der Waals surface area contributed by atoms with Crippen molar-refractivity contribution < 1.29 is 14.3 Å². The van der Waals surface area contributed by atoms with Crippen molar-refractivity contribution in [3.63, 3.8) is 0 Å². The molecular formula is C19H29NO3. The number of nitrogens with one attached hydrogen (secondary N) is 1. The van der Waals surface area contributed by atoms with Crippen LogP contribution in [0.25, 0.3) is 0 Å². The number of rotatable bonds is 7. The summed E-state index contributed by atoms with van der Waals surface area (Å²) in [5.41, 5.74) is 0.515. The summed E-state index contributed by atoms with van der Waals surface area (Å²) >= 11 is 0. The number of hydrogen-bond donors (Lipinski definition) is 1. The third-order valence-electron chi connectivity index (χ3n) is 3.27. The lowest BCUT2D eigenvalue weighted by molar-refractivity contribution is -0.157. The van der Waals surface area contributed by atoms with E-state index >= 15 is 0 Å². The molecule has 0 saturated heterocycles. The molecule has 1 amide bonds. The van der Waals surface area contributed by atoms with Crippen molar-refractivity contribution in [1.82, 2.24) is 5.32 Å². The molecule has 0 aliphatic rings. The van der Waals surface area contributed by atoms with Gasteiger partial charge in [0.2, 0.25) is 5.91 Å². The summed E-state index contributed by atoms with van der Waals surface area (Å²) in [6.07, 6.45) is 0.788. The molecule has 0 aliphatic heterocycles. The minimum absolute atomic E-state index is 0.0894. The van der Waals surface area contributed by atoms with Gasteiger partial charge in [0, 0.05) is 12.5 Å². The van der Waals surface area contributed by atoms with Crippen molar-refractivity contribution in [2.24, 2.45) is 11.8 Å². The van der Waals surface area contributed by atoms with Crippen LogP contribution in [-0.2, 0) is 20.9 Å². The van der Waals surface area contributed by atoms with Crippen molar-refractivity contribution >= 4 is 11.9 Å². The summed E-state index contributed by atoms with van der Waals surface area (Å²) < 4.78 is 5.34. The first kappa shape index (κ1) is 19.2. The molecule has 1 aromatic carbocycles. The van der Waals surface area contributed by atoms with Crippen molar-refractivity contribution in [1.29, 1.82) is 0 Å². The van der Waals surface area contributed by atoms with Gasteiger partial charge in [-0.2, -0.15) is 0 Å². The van der Waals surface area contributed by atoms with E-state index in [1.165, 1.54) is 0 Å². The van der Waals surface area contributed by atoms with Crippen LogP contribution < -0.4 is 5.32 Å². The molecule has 0 aliphatic carbocycles. The average Bonchev–Trinajstić information content (AvgIpc) is 2.42. The highest BCUT2D eigenvalue weighted by Crippen LogP contribution is 2.19. The minimum atomic E-state index is -0.528. The lowest BCUT2D eigenvalue weighted by atomic mass is 9.93. The van der Waals surface area contributed by atoms with E-state index in [4.69, 9.17) is 4.74 Å². The second-order valence-electron chi connectivity index (χ2n) is 7.32. The number of esters is 1. The van der Waals surface area contributed by atoms with Crippen molar-refractivity contribution in [2.75, 3.05) is 0 Å². The molecule has 0 heterocycles. The highest BCUT2D eigenvalue weighted by molar-refractivity contribution is 5.83. The first-order valence-electron chi connectivity index (χ1n) is 8.21. The first-order chi connectivity index (χ1) is 10.7. The van der Waals surface area contributed by atoms with Gasteiger partial charge in [-0.3, -0.25) is 9.59 Å².